The van der Waals surface area contributed by atoms with E-state index in [2.05, 4.69) is 4.98 Å². The quantitative estimate of drug-likeness (QED) is 0.837. The first-order valence-corrected chi connectivity index (χ1v) is 9.53. The lowest BCUT2D eigenvalue weighted by molar-refractivity contribution is -0.146. The number of furan rings is 1. The molecule has 2 aliphatic rings. The summed E-state index contributed by atoms with van der Waals surface area (Å²) in [7, 11) is 0. The van der Waals surface area contributed by atoms with E-state index < -0.39 is 5.41 Å². The van der Waals surface area contributed by atoms with Crippen molar-refractivity contribution in [1.29, 1.82) is 0 Å². The molecule has 0 unspecified atom stereocenters. The van der Waals surface area contributed by atoms with Crippen LogP contribution in [0.3, 0.4) is 0 Å². The fourth-order valence-corrected chi connectivity index (χ4v) is 4.44. The van der Waals surface area contributed by atoms with Gasteiger partial charge < -0.3 is 14.2 Å². The number of hydrogen-bond acceptors (Lipinski definition) is 4. The first kappa shape index (κ1) is 17.8. The van der Waals surface area contributed by atoms with E-state index in [1.807, 2.05) is 36.9 Å². The largest absolute Gasteiger partial charge is 0.456 e. The van der Waals surface area contributed by atoms with Crippen molar-refractivity contribution in [2.24, 2.45) is 5.41 Å². The Hall–Kier alpha value is -2.63. The van der Waals surface area contributed by atoms with Crippen LogP contribution in [-0.4, -0.2) is 46.2 Å². The highest BCUT2D eigenvalue weighted by Crippen LogP contribution is 2.41. The van der Waals surface area contributed by atoms with Crippen molar-refractivity contribution in [3.05, 3.63) is 53.2 Å². The molecule has 0 radical (unpaired) electrons. The molecule has 2 aromatic rings. The Morgan fingerprint density at radius 1 is 1.30 bits per heavy atom. The minimum absolute atomic E-state index is 0.102. The van der Waals surface area contributed by atoms with E-state index in [9.17, 15) is 9.59 Å². The summed E-state index contributed by atoms with van der Waals surface area (Å²) >= 11 is 0. The van der Waals surface area contributed by atoms with E-state index in [1.165, 1.54) is 0 Å². The van der Waals surface area contributed by atoms with E-state index in [0.29, 0.717) is 25.4 Å². The molecule has 0 aromatic carbocycles. The number of aryl methyl sites for hydroxylation is 2. The number of rotatable bonds is 3. The first-order chi connectivity index (χ1) is 13.0. The van der Waals surface area contributed by atoms with Crippen LogP contribution in [0.1, 0.15) is 46.7 Å². The van der Waals surface area contributed by atoms with Gasteiger partial charge in [0.15, 0.2) is 5.76 Å². The molecule has 2 fully saturated rings. The maximum absolute atomic E-state index is 13.3. The number of likely N-dealkylation sites (tertiary alicyclic amines) is 2. The molecule has 6 nitrogen and oxygen atoms in total. The van der Waals surface area contributed by atoms with Crippen molar-refractivity contribution in [1.82, 2.24) is 14.8 Å². The molecule has 1 spiro atoms. The van der Waals surface area contributed by atoms with Crippen LogP contribution in [0.15, 0.2) is 35.0 Å². The second kappa shape index (κ2) is 6.83. The Bertz CT molecular complexity index is 861. The zero-order chi connectivity index (χ0) is 19.0. The molecular weight excluding hydrogens is 342 g/mol. The van der Waals surface area contributed by atoms with Gasteiger partial charge in [-0.25, -0.2) is 0 Å². The fraction of sp³-hybridized carbons (Fsp3) is 0.476. The second-order valence-electron chi connectivity index (χ2n) is 7.82. The molecule has 4 heterocycles. The number of amides is 2. The lowest BCUT2D eigenvalue weighted by Gasteiger charge is -2.39. The average molecular weight is 367 g/mol. The minimum Gasteiger partial charge on any atom is -0.456 e. The Morgan fingerprint density at radius 2 is 2.15 bits per heavy atom. The molecule has 2 saturated heterocycles. The van der Waals surface area contributed by atoms with E-state index in [4.69, 9.17) is 4.42 Å². The molecule has 2 aliphatic heterocycles. The molecule has 2 aromatic heterocycles. The van der Waals surface area contributed by atoms with Crippen molar-refractivity contribution in [3.8, 4) is 0 Å². The van der Waals surface area contributed by atoms with Crippen molar-refractivity contribution in [2.45, 2.75) is 39.7 Å². The molecular formula is C21H25N3O3. The SMILES string of the molecule is Cc1cc(C)c(C(=O)N2CC[C@@]3(CCCN(Cc4cccnc4)C3=O)C2)o1. The molecule has 0 aliphatic carbocycles. The van der Waals surface area contributed by atoms with E-state index in [1.54, 1.807) is 17.3 Å². The zero-order valence-corrected chi connectivity index (χ0v) is 15.9. The van der Waals surface area contributed by atoms with Gasteiger partial charge in [0.1, 0.15) is 5.76 Å². The molecule has 142 valence electrons. The smallest absolute Gasteiger partial charge is 0.289 e. The summed E-state index contributed by atoms with van der Waals surface area (Å²) in [5.41, 5.74) is 1.44. The van der Waals surface area contributed by atoms with Gasteiger partial charge in [0.25, 0.3) is 5.91 Å². The van der Waals surface area contributed by atoms with Gasteiger partial charge in [-0.3, -0.25) is 14.6 Å². The lowest BCUT2D eigenvalue weighted by Crippen LogP contribution is -2.50. The third-order valence-corrected chi connectivity index (χ3v) is 5.80. The molecule has 0 N–H and O–H groups in total. The minimum atomic E-state index is -0.453. The zero-order valence-electron chi connectivity index (χ0n) is 15.9. The van der Waals surface area contributed by atoms with E-state index >= 15 is 0 Å². The molecule has 1 atom stereocenters. The lowest BCUT2D eigenvalue weighted by atomic mass is 9.78. The molecule has 0 saturated carbocycles. The second-order valence-corrected chi connectivity index (χ2v) is 7.82. The number of piperidine rings is 1. The third kappa shape index (κ3) is 3.24. The van der Waals surface area contributed by atoms with Crippen LogP contribution in [0.2, 0.25) is 0 Å². The van der Waals surface area contributed by atoms with Crippen LogP contribution in [-0.2, 0) is 11.3 Å². The van der Waals surface area contributed by atoms with Gasteiger partial charge in [-0.05, 0) is 50.8 Å². The Morgan fingerprint density at radius 3 is 2.85 bits per heavy atom. The fourth-order valence-electron chi connectivity index (χ4n) is 4.44. The number of aromatic nitrogens is 1. The number of nitrogens with zero attached hydrogens (tertiary/aromatic N) is 3. The summed E-state index contributed by atoms with van der Waals surface area (Å²) in [6.45, 7) is 6.16. The highest BCUT2D eigenvalue weighted by molar-refractivity contribution is 5.94. The van der Waals surface area contributed by atoms with E-state index in [0.717, 1.165) is 42.7 Å². The maximum atomic E-state index is 13.3. The average Bonchev–Trinajstić information content (AvgIpc) is 3.23. The topological polar surface area (TPSA) is 66.7 Å². The van der Waals surface area contributed by atoms with Crippen LogP contribution in [0.25, 0.3) is 0 Å². The summed E-state index contributed by atoms with van der Waals surface area (Å²) in [6, 6.07) is 5.76. The highest BCUT2D eigenvalue weighted by Gasteiger charge is 2.49. The predicted octanol–water partition coefficient (Wildman–Crippen LogP) is 2.95. The molecule has 27 heavy (non-hydrogen) atoms. The van der Waals surface area contributed by atoms with Crippen LogP contribution in [0.5, 0.6) is 0 Å². The number of carbonyl (C=O) groups is 2. The number of hydrogen-bond donors (Lipinski definition) is 0. The molecule has 2 amide bonds. The van der Waals surface area contributed by atoms with Gasteiger partial charge in [0.2, 0.25) is 5.91 Å². The van der Waals surface area contributed by atoms with Crippen LogP contribution < -0.4 is 0 Å². The third-order valence-electron chi connectivity index (χ3n) is 5.80. The Balaban J connectivity index is 1.49. The van der Waals surface area contributed by atoms with Crippen molar-refractivity contribution in [2.75, 3.05) is 19.6 Å². The van der Waals surface area contributed by atoms with Gasteiger partial charge in [-0.15, -0.1) is 0 Å². The summed E-state index contributed by atoms with van der Waals surface area (Å²) < 4.78 is 5.60. The molecule has 4 rings (SSSR count). The van der Waals surface area contributed by atoms with Crippen LogP contribution in [0.4, 0.5) is 0 Å². The standard InChI is InChI=1S/C21H25N3O3/c1-15-11-16(2)27-18(15)19(25)24-10-7-21(14-24)6-4-9-23(20(21)26)13-17-5-3-8-22-12-17/h3,5,8,11-12H,4,6-7,9-10,13-14H2,1-2H3/t21-/m0/s1. The number of pyridine rings is 1. The van der Waals surface area contributed by atoms with E-state index in [-0.39, 0.29) is 11.8 Å². The highest BCUT2D eigenvalue weighted by atomic mass is 16.4. The summed E-state index contributed by atoms with van der Waals surface area (Å²) in [5, 5.41) is 0. The van der Waals surface area contributed by atoms with Gasteiger partial charge in [-0.1, -0.05) is 6.07 Å². The van der Waals surface area contributed by atoms with Crippen molar-refractivity contribution in [3.63, 3.8) is 0 Å². The van der Waals surface area contributed by atoms with Crippen LogP contribution >= 0.6 is 0 Å². The normalized spacial score (nSPS) is 22.7. The first-order valence-electron chi connectivity index (χ1n) is 9.53. The van der Waals surface area contributed by atoms with Gasteiger partial charge >= 0.3 is 0 Å². The Labute approximate surface area is 159 Å². The van der Waals surface area contributed by atoms with Crippen molar-refractivity contribution < 1.29 is 14.0 Å². The van der Waals surface area contributed by atoms with Crippen molar-refractivity contribution >= 4 is 11.8 Å². The summed E-state index contributed by atoms with van der Waals surface area (Å²) in [4.78, 5) is 34.0. The molecule has 0 bridgehead atoms. The number of carbonyl (C=O) groups excluding carboxylic acids is 2. The van der Waals surface area contributed by atoms with Gasteiger partial charge in [-0.2, -0.15) is 0 Å². The predicted molar refractivity (Wildman–Crippen MR) is 100 cm³/mol. The summed E-state index contributed by atoms with van der Waals surface area (Å²) in [5.74, 6) is 1.20. The van der Waals surface area contributed by atoms with Gasteiger partial charge in [0, 0.05) is 44.1 Å². The monoisotopic (exact) mass is 367 g/mol. The Kier molecular flexibility index (Phi) is 4.50. The maximum Gasteiger partial charge on any atom is 0.289 e. The van der Waals surface area contributed by atoms with Gasteiger partial charge in [0.05, 0.1) is 5.41 Å². The van der Waals surface area contributed by atoms with Crippen LogP contribution in [0, 0.1) is 19.3 Å². The molecule has 6 heteroatoms. The summed E-state index contributed by atoms with van der Waals surface area (Å²) in [6.07, 6.45) is 6.07.